The quantitative estimate of drug-likeness (QED) is 0.818. The predicted molar refractivity (Wildman–Crippen MR) is 79.0 cm³/mol. The summed E-state index contributed by atoms with van der Waals surface area (Å²) in [5.74, 6) is 0.767. The molecule has 1 rings (SSSR count). The molecule has 92 valence electrons. The molecule has 3 nitrogen and oxygen atoms in total. The summed E-state index contributed by atoms with van der Waals surface area (Å²) in [5, 5.41) is 3.21. The van der Waals surface area contributed by atoms with Gasteiger partial charge >= 0.3 is 0 Å². The minimum absolute atomic E-state index is 0.0292. The fourth-order valence-electron chi connectivity index (χ4n) is 1.21. The molecule has 0 unspecified atom stereocenters. The van der Waals surface area contributed by atoms with Crippen LogP contribution in [0.4, 0.5) is 5.69 Å². The molecule has 1 aromatic carbocycles. The Morgan fingerprint density at radius 2 is 2.29 bits per heavy atom. The molecule has 0 aliphatic rings. The van der Waals surface area contributed by atoms with Crippen molar-refractivity contribution in [3.05, 3.63) is 28.8 Å². The molecule has 0 aliphatic heterocycles. The largest absolute Gasteiger partial charge is 0.389 e. The summed E-state index contributed by atoms with van der Waals surface area (Å²) in [4.78, 5) is 11.7. The van der Waals surface area contributed by atoms with E-state index in [-0.39, 0.29) is 10.9 Å². The van der Waals surface area contributed by atoms with Gasteiger partial charge in [-0.1, -0.05) is 23.8 Å². The molecule has 6 heteroatoms. The lowest BCUT2D eigenvalue weighted by atomic mass is 10.2. The monoisotopic (exact) mass is 288 g/mol. The van der Waals surface area contributed by atoms with Crippen molar-refractivity contribution in [2.24, 2.45) is 5.73 Å². The molecule has 17 heavy (non-hydrogen) atoms. The van der Waals surface area contributed by atoms with Gasteiger partial charge in [-0.15, -0.1) is 0 Å². The second-order valence-electron chi connectivity index (χ2n) is 3.35. The first-order chi connectivity index (χ1) is 8.04. The van der Waals surface area contributed by atoms with Crippen molar-refractivity contribution in [1.82, 2.24) is 0 Å². The van der Waals surface area contributed by atoms with E-state index in [1.54, 1.807) is 30.0 Å². The van der Waals surface area contributed by atoms with Crippen LogP contribution in [-0.4, -0.2) is 22.9 Å². The maximum atomic E-state index is 11.5. The minimum Gasteiger partial charge on any atom is -0.389 e. The van der Waals surface area contributed by atoms with E-state index in [9.17, 15) is 4.79 Å². The van der Waals surface area contributed by atoms with E-state index in [0.717, 1.165) is 5.75 Å². The van der Waals surface area contributed by atoms with Gasteiger partial charge in [-0.3, -0.25) is 4.79 Å². The fourth-order valence-corrected chi connectivity index (χ4v) is 2.12. The van der Waals surface area contributed by atoms with E-state index in [1.807, 2.05) is 6.26 Å². The van der Waals surface area contributed by atoms with Crippen LogP contribution in [0, 0.1) is 0 Å². The highest BCUT2D eigenvalue weighted by atomic mass is 35.5. The molecule has 0 radical (unpaired) electrons. The van der Waals surface area contributed by atoms with Crippen LogP contribution in [-0.2, 0) is 4.79 Å². The normalized spacial score (nSPS) is 10.0. The first-order valence-electron chi connectivity index (χ1n) is 4.92. The third-order valence-corrected chi connectivity index (χ3v) is 3.20. The summed E-state index contributed by atoms with van der Waals surface area (Å²) in [6, 6.07) is 5.08. The number of hydrogen-bond acceptors (Lipinski definition) is 3. The molecule has 3 N–H and O–H groups in total. The number of rotatable bonds is 5. The van der Waals surface area contributed by atoms with Crippen molar-refractivity contribution in [1.29, 1.82) is 0 Å². The van der Waals surface area contributed by atoms with Crippen molar-refractivity contribution >= 4 is 52.2 Å². The van der Waals surface area contributed by atoms with E-state index in [1.165, 1.54) is 0 Å². The molecule has 0 spiro atoms. The van der Waals surface area contributed by atoms with Crippen LogP contribution in [0.3, 0.4) is 0 Å². The number of amides is 1. The van der Waals surface area contributed by atoms with Gasteiger partial charge in [-0.2, -0.15) is 11.8 Å². The van der Waals surface area contributed by atoms with Gasteiger partial charge in [0.15, 0.2) is 0 Å². The van der Waals surface area contributed by atoms with Gasteiger partial charge < -0.3 is 11.1 Å². The lowest BCUT2D eigenvalue weighted by molar-refractivity contribution is -0.115. The van der Waals surface area contributed by atoms with E-state index < -0.39 is 0 Å². The van der Waals surface area contributed by atoms with Crippen LogP contribution in [0.5, 0.6) is 0 Å². The number of thiocarbonyl (C=S) groups is 1. The molecule has 0 heterocycles. The average molecular weight is 289 g/mol. The number of hydrogen-bond donors (Lipinski definition) is 2. The van der Waals surface area contributed by atoms with Gasteiger partial charge in [0.25, 0.3) is 0 Å². The van der Waals surface area contributed by atoms with E-state index in [4.69, 9.17) is 29.6 Å². The Balaban J connectivity index is 2.70. The van der Waals surface area contributed by atoms with Crippen molar-refractivity contribution in [2.75, 3.05) is 17.3 Å². The summed E-state index contributed by atoms with van der Waals surface area (Å²) in [6.45, 7) is 0. The predicted octanol–water partition coefficient (Wildman–Crippen LogP) is 2.67. The Bertz CT molecular complexity index is 437. The highest BCUT2D eigenvalue weighted by molar-refractivity contribution is 7.98. The van der Waals surface area contributed by atoms with Gasteiger partial charge in [0.05, 0.1) is 5.02 Å². The zero-order chi connectivity index (χ0) is 12.8. The summed E-state index contributed by atoms with van der Waals surface area (Å²) in [6.07, 6.45) is 2.44. The molecule has 0 saturated heterocycles. The molecule has 1 amide bonds. The number of anilines is 1. The Labute approximate surface area is 115 Å². The fraction of sp³-hybridized carbons (Fsp3) is 0.273. The van der Waals surface area contributed by atoms with E-state index in [2.05, 4.69) is 5.32 Å². The second-order valence-corrected chi connectivity index (χ2v) is 5.18. The molecule has 0 aliphatic carbocycles. The van der Waals surface area contributed by atoms with Crippen molar-refractivity contribution < 1.29 is 4.79 Å². The minimum atomic E-state index is -0.0292. The molecule has 0 saturated carbocycles. The third-order valence-electron chi connectivity index (χ3n) is 2.05. The standard InChI is InChI=1S/C11H13ClN2OS2/c1-17-5-4-10(15)14-7-2-3-8(11(13)16)9(12)6-7/h2-3,6H,4-5H2,1H3,(H2,13,16)(H,14,15). The molecule has 1 aromatic rings. The van der Waals surface area contributed by atoms with E-state index >= 15 is 0 Å². The van der Waals surface area contributed by atoms with Gasteiger partial charge in [0, 0.05) is 23.4 Å². The lowest BCUT2D eigenvalue weighted by Crippen LogP contribution is -2.13. The maximum Gasteiger partial charge on any atom is 0.225 e. The lowest BCUT2D eigenvalue weighted by Gasteiger charge is -2.07. The number of nitrogens with one attached hydrogen (secondary N) is 1. The van der Waals surface area contributed by atoms with Crippen molar-refractivity contribution in [2.45, 2.75) is 6.42 Å². The first kappa shape index (κ1) is 14.3. The zero-order valence-electron chi connectivity index (χ0n) is 9.33. The van der Waals surface area contributed by atoms with Gasteiger partial charge in [-0.25, -0.2) is 0 Å². The molecule has 0 atom stereocenters. The summed E-state index contributed by atoms with van der Waals surface area (Å²) >= 11 is 12.5. The molecule has 0 aromatic heterocycles. The Hall–Kier alpha value is -0.780. The van der Waals surface area contributed by atoms with Crippen LogP contribution >= 0.6 is 35.6 Å². The summed E-state index contributed by atoms with van der Waals surface area (Å²) in [5.41, 5.74) is 6.76. The van der Waals surface area contributed by atoms with Crippen molar-refractivity contribution in [3.63, 3.8) is 0 Å². The second kappa shape index (κ2) is 6.83. The number of carbonyl (C=O) groups is 1. The molecular formula is C11H13ClN2OS2. The zero-order valence-corrected chi connectivity index (χ0v) is 11.7. The van der Waals surface area contributed by atoms with Gasteiger partial charge in [0.2, 0.25) is 5.91 Å². The van der Waals surface area contributed by atoms with E-state index in [0.29, 0.717) is 22.7 Å². The average Bonchev–Trinajstić information content (AvgIpc) is 2.26. The maximum absolute atomic E-state index is 11.5. The third kappa shape index (κ3) is 4.53. The molecular weight excluding hydrogens is 276 g/mol. The van der Waals surface area contributed by atoms with Gasteiger partial charge in [0.1, 0.15) is 4.99 Å². The van der Waals surface area contributed by atoms with Crippen LogP contribution in [0.15, 0.2) is 18.2 Å². The Morgan fingerprint density at radius 3 is 2.82 bits per heavy atom. The SMILES string of the molecule is CSCCC(=O)Nc1ccc(C(N)=S)c(Cl)c1. The number of thioether (sulfide) groups is 1. The number of benzene rings is 1. The highest BCUT2D eigenvalue weighted by Crippen LogP contribution is 2.21. The summed E-state index contributed by atoms with van der Waals surface area (Å²) in [7, 11) is 0. The van der Waals surface area contributed by atoms with Crippen LogP contribution in [0.2, 0.25) is 5.02 Å². The topological polar surface area (TPSA) is 55.1 Å². The molecule has 0 bridgehead atoms. The van der Waals surface area contributed by atoms with Crippen LogP contribution in [0.25, 0.3) is 0 Å². The highest BCUT2D eigenvalue weighted by Gasteiger charge is 2.06. The first-order valence-corrected chi connectivity index (χ1v) is 7.10. The summed E-state index contributed by atoms with van der Waals surface area (Å²) < 4.78 is 0. The van der Waals surface area contributed by atoms with Crippen LogP contribution < -0.4 is 11.1 Å². The van der Waals surface area contributed by atoms with Crippen molar-refractivity contribution in [3.8, 4) is 0 Å². The number of carbonyl (C=O) groups excluding carboxylic acids is 1. The number of halogens is 1. The smallest absolute Gasteiger partial charge is 0.225 e. The Morgan fingerprint density at radius 1 is 1.59 bits per heavy atom. The Kier molecular flexibility index (Phi) is 5.74. The number of nitrogens with two attached hydrogens (primary N) is 1. The van der Waals surface area contributed by atoms with Gasteiger partial charge in [-0.05, 0) is 24.5 Å². The van der Waals surface area contributed by atoms with Crippen LogP contribution in [0.1, 0.15) is 12.0 Å². The molecule has 0 fully saturated rings.